The Labute approximate surface area is 115 Å². The van der Waals surface area contributed by atoms with Gasteiger partial charge in [-0.25, -0.2) is 4.98 Å². The van der Waals surface area contributed by atoms with Crippen LogP contribution in [0, 0.1) is 5.92 Å². The Morgan fingerprint density at radius 2 is 2.05 bits per heavy atom. The van der Waals surface area contributed by atoms with Crippen LogP contribution in [0.25, 0.3) is 0 Å². The van der Waals surface area contributed by atoms with Crippen molar-refractivity contribution in [1.29, 1.82) is 0 Å². The summed E-state index contributed by atoms with van der Waals surface area (Å²) in [7, 11) is 0. The number of hydrogen-bond acceptors (Lipinski definition) is 3. The predicted molar refractivity (Wildman–Crippen MR) is 73.0 cm³/mol. The monoisotopic (exact) mass is 273 g/mol. The van der Waals surface area contributed by atoms with E-state index in [1.807, 2.05) is 24.3 Å². The highest BCUT2D eigenvalue weighted by Gasteiger charge is 2.43. The van der Waals surface area contributed by atoms with Gasteiger partial charge in [0.1, 0.15) is 0 Å². The van der Waals surface area contributed by atoms with Gasteiger partial charge in [-0.2, -0.15) is 0 Å². The molecule has 96 valence electrons. The molecule has 2 aromatic rings. The van der Waals surface area contributed by atoms with Crippen LogP contribution in [0.3, 0.4) is 0 Å². The molecule has 2 atom stereocenters. The molecule has 1 saturated carbocycles. The lowest BCUT2D eigenvalue weighted by Crippen LogP contribution is -2.15. The molecule has 1 heterocycles. The van der Waals surface area contributed by atoms with E-state index in [9.17, 15) is 4.79 Å². The maximum absolute atomic E-state index is 12.0. The van der Waals surface area contributed by atoms with Crippen molar-refractivity contribution in [3.05, 3.63) is 53.4 Å². The molecular formula is C14H12ClN3O. The van der Waals surface area contributed by atoms with Crippen LogP contribution in [0.15, 0.2) is 42.9 Å². The van der Waals surface area contributed by atoms with Crippen molar-refractivity contribution in [2.24, 2.45) is 5.92 Å². The van der Waals surface area contributed by atoms with Crippen molar-refractivity contribution < 1.29 is 4.79 Å². The number of rotatable bonds is 3. The lowest BCUT2D eigenvalue weighted by Gasteiger charge is -2.03. The summed E-state index contributed by atoms with van der Waals surface area (Å²) in [5, 5.41) is 3.49. The quantitative estimate of drug-likeness (QED) is 0.935. The second kappa shape index (κ2) is 4.97. The lowest BCUT2D eigenvalue weighted by molar-refractivity contribution is -0.117. The zero-order valence-electron chi connectivity index (χ0n) is 10.1. The minimum Gasteiger partial charge on any atom is -0.309 e. The lowest BCUT2D eigenvalue weighted by atomic mass is 10.1. The number of nitrogens with one attached hydrogen (secondary N) is 1. The second-order valence-corrected chi connectivity index (χ2v) is 5.02. The van der Waals surface area contributed by atoms with Gasteiger partial charge in [-0.1, -0.05) is 23.7 Å². The van der Waals surface area contributed by atoms with Crippen LogP contribution in [0.2, 0.25) is 5.02 Å². The van der Waals surface area contributed by atoms with E-state index >= 15 is 0 Å². The highest BCUT2D eigenvalue weighted by atomic mass is 35.5. The molecule has 2 unspecified atom stereocenters. The second-order valence-electron chi connectivity index (χ2n) is 4.58. The molecule has 0 saturated heterocycles. The average Bonchev–Trinajstić information content (AvgIpc) is 3.21. The fraction of sp³-hybridized carbons (Fsp3) is 0.214. The molecule has 4 nitrogen and oxygen atoms in total. The van der Waals surface area contributed by atoms with Gasteiger partial charge in [-0.3, -0.25) is 9.78 Å². The highest BCUT2D eigenvalue weighted by molar-refractivity contribution is 6.30. The summed E-state index contributed by atoms with van der Waals surface area (Å²) in [5.74, 6) is 0.798. The number of nitrogens with zero attached hydrogens (tertiary/aromatic N) is 2. The van der Waals surface area contributed by atoms with Gasteiger partial charge in [0, 0.05) is 23.3 Å². The molecule has 1 aliphatic rings. The molecule has 1 aromatic heterocycles. The molecule has 0 aliphatic heterocycles. The number of carbonyl (C=O) groups excluding carboxylic acids is 1. The van der Waals surface area contributed by atoms with E-state index in [-0.39, 0.29) is 17.7 Å². The highest BCUT2D eigenvalue weighted by Crippen LogP contribution is 2.48. The third kappa shape index (κ3) is 2.74. The van der Waals surface area contributed by atoms with Crippen LogP contribution in [-0.4, -0.2) is 15.9 Å². The molecule has 19 heavy (non-hydrogen) atoms. The van der Waals surface area contributed by atoms with Crippen LogP contribution in [0.4, 0.5) is 5.82 Å². The smallest absolute Gasteiger partial charge is 0.229 e. The molecule has 1 aromatic carbocycles. The molecular weight excluding hydrogens is 262 g/mol. The maximum atomic E-state index is 12.0. The molecule has 1 fully saturated rings. The number of halogens is 1. The predicted octanol–water partition coefficient (Wildman–Crippen LogP) is 2.87. The molecule has 5 heteroatoms. The third-order valence-corrected chi connectivity index (χ3v) is 3.49. The molecule has 1 aliphatic carbocycles. The molecule has 3 rings (SSSR count). The first-order valence-corrected chi connectivity index (χ1v) is 6.44. The van der Waals surface area contributed by atoms with Crippen LogP contribution in [0.1, 0.15) is 17.9 Å². The molecule has 1 N–H and O–H groups in total. The molecule has 0 spiro atoms. The Hall–Kier alpha value is -1.94. The van der Waals surface area contributed by atoms with Gasteiger partial charge >= 0.3 is 0 Å². The Morgan fingerprint density at radius 1 is 1.26 bits per heavy atom. The van der Waals surface area contributed by atoms with E-state index in [2.05, 4.69) is 15.3 Å². The summed E-state index contributed by atoms with van der Waals surface area (Å²) >= 11 is 5.85. The average molecular weight is 274 g/mol. The fourth-order valence-corrected chi connectivity index (χ4v) is 2.27. The summed E-state index contributed by atoms with van der Waals surface area (Å²) < 4.78 is 0. The summed E-state index contributed by atoms with van der Waals surface area (Å²) in [5.41, 5.74) is 1.16. The Morgan fingerprint density at radius 3 is 2.74 bits per heavy atom. The number of aromatic nitrogens is 2. The SMILES string of the molecule is O=C(Nc1cnccn1)C1CC1c1ccc(Cl)cc1. The van der Waals surface area contributed by atoms with E-state index < -0.39 is 0 Å². The summed E-state index contributed by atoms with van der Waals surface area (Å²) in [6, 6.07) is 7.66. The van der Waals surface area contributed by atoms with Gasteiger partial charge < -0.3 is 5.32 Å². The zero-order chi connectivity index (χ0) is 13.2. The summed E-state index contributed by atoms with van der Waals surface area (Å²) in [6.45, 7) is 0. The van der Waals surface area contributed by atoms with Crippen LogP contribution >= 0.6 is 11.6 Å². The minimum atomic E-state index is 0.000417. The normalized spacial score (nSPS) is 20.9. The maximum Gasteiger partial charge on any atom is 0.229 e. The van der Waals surface area contributed by atoms with Gasteiger partial charge in [0.2, 0.25) is 5.91 Å². The fourth-order valence-electron chi connectivity index (χ4n) is 2.15. The molecule has 1 amide bonds. The molecule has 0 radical (unpaired) electrons. The number of anilines is 1. The van der Waals surface area contributed by atoms with Crippen LogP contribution in [0.5, 0.6) is 0 Å². The summed E-state index contributed by atoms with van der Waals surface area (Å²) in [4.78, 5) is 20.0. The summed E-state index contributed by atoms with van der Waals surface area (Å²) in [6.07, 6.45) is 5.54. The largest absolute Gasteiger partial charge is 0.309 e. The Kier molecular flexibility index (Phi) is 3.17. The minimum absolute atomic E-state index is 0.000417. The third-order valence-electron chi connectivity index (χ3n) is 3.24. The number of hydrogen-bond donors (Lipinski definition) is 1. The van der Waals surface area contributed by atoms with Crippen molar-refractivity contribution in [2.45, 2.75) is 12.3 Å². The van der Waals surface area contributed by atoms with Crippen LogP contribution in [-0.2, 0) is 4.79 Å². The van der Waals surface area contributed by atoms with E-state index in [0.29, 0.717) is 10.8 Å². The first-order valence-electron chi connectivity index (χ1n) is 6.06. The first-order chi connectivity index (χ1) is 9.24. The van der Waals surface area contributed by atoms with Crippen molar-refractivity contribution in [1.82, 2.24) is 9.97 Å². The van der Waals surface area contributed by atoms with Crippen molar-refractivity contribution in [3.63, 3.8) is 0 Å². The van der Waals surface area contributed by atoms with E-state index in [1.54, 1.807) is 12.4 Å². The molecule has 0 bridgehead atoms. The van der Waals surface area contributed by atoms with Gasteiger partial charge in [0.05, 0.1) is 6.20 Å². The van der Waals surface area contributed by atoms with Crippen LogP contribution < -0.4 is 5.32 Å². The Bertz CT molecular complexity index is 585. The topological polar surface area (TPSA) is 54.9 Å². The van der Waals surface area contributed by atoms with Crippen molar-refractivity contribution >= 4 is 23.3 Å². The van der Waals surface area contributed by atoms with E-state index in [0.717, 1.165) is 12.0 Å². The van der Waals surface area contributed by atoms with Gasteiger partial charge in [-0.05, 0) is 30.0 Å². The number of carbonyl (C=O) groups is 1. The number of amides is 1. The van der Waals surface area contributed by atoms with Gasteiger partial charge in [0.15, 0.2) is 5.82 Å². The zero-order valence-corrected chi connectivity index (χ0v) is 10.8. The van der Waals surface area contributed by atoms with Gasteiger partial charge in [0.25, 0.3) is 0 Å². The van der Waals surface area contributed by atoms with E-state index in [4.69, 9.17) is 11.6 Å². The Balaban J connectivity index is 1.63. The van der Waals surface area contributed by atoms with E-state index in [1.165, 1.54) is 6.20 Å². The first kappa shape index (κ1) is 12.1. The number of benzene rings is 1. The van der Waals surface area contributed by atoms with Gasteiger partial charge in [-0.15, -0.1) is 0 Å². The van der Waals surface area contributed by atoms with Crippen molar-refractivity contribution in [3.8, 4) is 0 Å². The standard InChI is InChI=1S/C14H12ClN3O/c15-10-3-1-9(2-4-10)11-7-12(11)14(19)18-13-8-16-5-6-17-13/h1-6,8,11-12H,7H2,(H,17,18,19). The van der Waals surface area contributed by atoms with Crippen molar-refractivity contribution in [2.75, 3.05) is 5.32 Å².